The molecule has 2 aromatic rings. The fourth-order valence-electron chi connectivity index (χ4n) is 2.18. The standard InChI is InChI=1S/C16H20N2O/c1-11-5-12(2)7-14(6-11)17-10-15-9-16(19-4)8-13(3)18-15/h5-9,17H,10H2,1-4H3. The molecule has 0 amide bonds. The minimum Gasteiger partial charge on any atom is -0.497 e. The fraction of sp³-hybridized carbons (Fsp3) is 0.312. The van der Waals surface area contributed by atoms with E-state index < -0.39 is 0 Å². The summed E-state index contributed by atoms with van der Waals surface area (Å²) in [5.41, 5.74) is 5.60. The first-order valence-electron chi connectivity index (χ1n) is 6.40. The van der Waals surface area contributed by atoms with Crippen LogP contribution in [0.5, 0.6) is 5.75 Å². The van der Waals surface area contributed by atoms with Gasteiger partial charge in [0.1, 0.15) is 5.75 Å². The zero-order valence-electron chi connectivity index (χ0n) is 11.9. The number of ether oxygens (including phenoxy) is 1. The molecule has 19 heavy (non-hydrogen) atoms. The van der Waals surface area contributed by atoms with Crippen LogP contribution in [0.1, 0.15) is 22.5 Å². The molecule has 0 aliphatic rings. The van der Waals surface area contributed by atoms with E-state index in [9.17, 15) is 0 Å². The van der Waals surface area contributed by atoms with Crippen LogP contribution in [0.25, 0.3) is 0 Å². The SMILES string of the molecule is COc1cc(C)nc(CNc2cc(C)cc(C)c2)c1. The molecule has 0 saturated carbocycles. The van der Waals surface area contributed by atoms with Gasteiger partial charge in [-0.25, -0.2) is 0 Å². The number of rotatable bonds is 4. The summed E-state index contributed by atoms with van der Waals surface area (Å²) in [6.45, 7) is 6.88. The Morgan fingerprint density at radius 2 is 1.68 bits per heavy atom. The topological polar surface area (TPSA) is 34.1 Å². The maximum absolute atomic E-state index is 5.26. The summed E-state index contributed by atoms with van der Waals surface area (Å²) in [6.07, 6.45) is 0. The molecular formula is C16H20N2O. The highest BCUT2D eigenvalue weighted by Crippen LogP contribution is 2.17. The molecule has 100 valence electrons. The van der Waals surface area contributed by atoms with Crippen molar-refractivity contribution in [2.75, 3.05) is 12.4 Å². The average Bonchev–Trinajstić information content (AvgIpc) is 2.34. The Kier molecular flexibility index (Phi) is 4.05. The highest BCUT2D eigenvalue weighted by Gasteiger charge is 2.01. The van der Waals surface area contributed by atoms with Gasteiger partial charge < -0.3 is 10.1 Å². The quantitative estimate of drug-likeness (QED) is 0.907. The third-order valence-corrected chi connectivity index (χ3v) is 2.91. The second kappa shape index (κ2) is 5.74. The second-order valence-electron chi connectivity index (χ2n) is 4.87. The van der Waals surface area contributed by atoms with Gasteiger partial charge in [0.25, 0.3) is 0 Å². The van der Waals surface area contributed by atoms with E-state index in [1.54, 1.807) is 7.11 Å². The number of methoxy groups -OCH3 is 1. The smallest absolute Gasteiger partial charge is 0.122 e. The van der Waals surface area contributed by atoms with Crippen molar-refractivity contribution in [2.24, 2.45) is 0 Å². The molecule has 0 saturated heterocycles. The molecule has 0 aliphatic carbocycles. The van der Waals surface area contributed by atoms with Crippen molar-refractivity contribution in [3.8, 4) is 5.75 Å². The Bertz CT molecular complexity index is 559. The third-order valence-electron chi connectivity index (χ3n) is 2.91. The molecular weight excluding hydrogens is 236 g/mol. The summed E-state index contributed by atoms with van der Waals surface area (Å²) in [5, 5.41) is 3.40. The van der Waals surface area contributed by atoms with Crippen molar-refractivity contribution in [1.29, 1.82) is 0 Å². The molecule has 0 unspecified atom stereocenters. The molecule has 1 heterocycles. The number of aryl methyl sites for hydroxylation is 3. The van der Waals surface area contributed by atoms with E-state index in [1.165, 1.54) is 11.1 Å². The monoisotopic (exact) mass is 256 g/mol. The van der Waals surface area contributed by atoms with Crippen LogP contribution in [0.15, 0.2) is 30.3 Å². The van der Waals surface area contributed by atoms with Crippen LogP contribution in [0.3, 0.4) is 0 Å². The van der Waals surface area contributed by atoms with Crippen LogP contribution in [0.2, 0.25) is 0 Å². The van der Waals surface area contributed by atoms with Crippen LogP contribution in [-0.2, 0) is 6.54 Å². The first-order chi connectivity index (χ1) is 9.06. The number of nitrogens with one attached hydrogen (secondary N) is 1. The number of pyridine rings is 1. The lowest BCUT2D eigenvalue weighted by atomic mass is 10.1. The van der Waals surface area contributed by atoms with Gasteiger partial charge in [0, 0.05) is 23.5 Å². The van der Waals surface area contributed by atoms with Crippen molar-refractivity contribution in [1.82, 2.24) is 4.98 Å². The van der Waals surface area contributed by atoms with Gasteiger partial charge in [-0.3, -0.25) is 4.98 Å². The minimum atomic E-state index is 0.695. The van der Waals surface area contributed by atoms with Crippen molar-refractivity contribution < 1.29 is 4.74 Å². The number of nitrogens with zero attached hydrogens (tertiary/aromatic N) is 1. The van der Waals surface area contributed by atoms with Crippen molar-refractivity contribution >= 4 is 5.69 Å². The van der Waals surface area contributed by atoms with E-state index in [-0.39, 0.29) is 0 Å². The third kappa shape index (κ3) is 3.71. The summed E-state index contributed by atoms with van der Waals surface area (Å²) >= 11 is 0. The van der Waals surface area contributed by atoms with E-state index in [4.69, 9.17) is 4.74 Å². The van der Waals surface area contributed by atoms with Gasteiger partial charge in [-0.1, -0.05) is 6.07 Å². The van der Waals surface area contributed by atoms with Crippen molar-refractivity contribution in [2.45, 2.75) is 27.3 Å². The Morgan fingerprint density at radius 1 is 1.00 bits per heavy atom. The molecule has 1 aromatic heterocycles. The maximum atomic E-state index is 5.26. The van der Waals surface area contributed by atoms with E-state index in [0.29, 0.717) is 6.54 Å². The lowest BCUT2D eigenvalue weighted by Gasteiger charge is -2.10. The highest BCUT2D eigenvalue weighted by atomic mass is 16.5. The highest BCUT2D eigenvalue weighted by molar-refractivity contribution is 5.48. The molecule has 0 bridgehead atoms. The zero-order valence-corrected chi connectivity index (χ0v) is 11.9. The van der Waals surface area contributed by atoms with Gasteiger partial charge >= 0.3 is 0 Å². The normalized spacial score (nSPS) is 10.3. The first-order valence-corrected chi connectivity index (χ1v) is 6.40. The van der Waals surface area contributed by atoms with Gasteiger partial charge in [0.05, 0.1) is 19.3 Å². The number of aromatic nitrogens is 1. The Labute approximate surface area is 114 Å². The number of hydrogen-bond donors (Lipinski definition) is 1. The number of benzene rings is 1. The second-order valence-corrected chi connectivity index (χ2v) is 4.87. The molecule has 0 fully saturated rings. The van der Waals surface area contributed by atoms with Gasteiger partial charge in [-0.05, 0) is 44.0 Å². The Hall–Kier alpha value is -2.03. The first kappa shape index (κ1) is 13.4. The van der Waals surface area contributed by atoms with Crippen LogP contribution in [0.4, 0.5) is 5.69 Å². The van der Waals surface area contributed by atoms with E-state index in [1.807, 2.05) is 19.1 Å². The largest absolute Gasteiger partial charge is 0.497 e. The molecule has 0 radical (unpaired) electrons. The van der Waals surface area contributed by atoms with E-state index in [2.05, 4.69) is 42.3 Å². The predicted octanol–water partition coefficient (Wildman–Crippen LogP) is 3.63. The van der Waals surface area contributed by atoms with Crippen LogP contribution in [0, 0.1) is 20.8 Å². The molecule has 0 atom stereocenters. The summed E-state index contributed by atoms with van der Waals surface area (Å²) in [5.74, 6) is 0.852. The number of hydrogen-bond acceptors (Lipinski definition) is 3. The van der Waals surface area contributed by atoms with Crippen LogP contribution in [-0.4, -0.2) is 12.1 Å². The minimum absolute atomic E-state index is 0.695. The molecule has 3 heteroatoms. The zero-order chi connectivity index (χ0) is 13.8. The summed E-state index contributed by atoms with van der Waals surface area (Å²) in [4.78, 5) is 4.50. The van der Waals surface area contributed by atoms with Crippen molar-refractivity contribution in [3.05, 3.63) is 52.8 Å². The summed E-state index contributed by atoms with van der Waals surface area (Å²) in [7, 11) is 1.68. The van der Waals surface area contributed by atoms with Gasteiger partial charge in [0.2, 0.25) is 0 Å². The molecule has 0 spiro atoms. The molecule has 1 aromatic carbocycles. The number of anilines is 1. The van der Waals surface area contributed by atoms with Gasteiger partial charge in [-0.15, -0.1) is 0 Å². The fourth-order valence-corrected chi connectivity index (χ4v) is 2.18. The van der Waals surface area contributed by atoms with Gasteiger partial charge in [0.15, 0.2) is 0 Å². The lowest BCUT2D eigenvalue weighted by Crippen LogP contribution is -2.03. The van der Waals surface area contributed by atoms with Crippen LogP contribution < -0.4 is 10.1 Å². The maximum Gasteiger partial charge on any atom is 0.122 e. The van der Waals surface area contributed by atoms with Gasteiger partial charge in [-0.2, -0.15) is 0 Å². The lowest BCUT2D eigenvalue weighted by molar-refractivity contribution is 0.413. The summed E-state index contributed by atoms with van der Waals surface area (Å²) in [6, 6.07) is 10.3. The molecule has 2 rings (SSSR count). The average molecular weight is 256 g/mol. The van der Waals surface area contributed by atoms with Crippen LogP contribution >= 0.6 is 0 Å². The Morgan fingerprint density at radius 3 is 2.32 bits per heavy atom. The van der Waals surface area contributed by atoms with E-state index in [0.717, 1.165) is 22.8 Å². The molecule has 1 N–H and O–H groups in total. The molecule has 0 aliphatic heterocycles. The Balaban J connectivity index is 2.11. The summed E-state index contributed by atoms with van der Waals surface area (Å²) < 4.78 is 5.26. The van der Waals surface area contributed by atoms with E-state index >= 15 is 0 Å². The predicted molar refractivity (Wildman–Crippen MR) is 78.8 cm³/mol. The van der Waals surface area contributed by atoms with Crippen molar-refractivity contribution in [3.63, 3.8) is 0 Å². The molecule has 3 nitrogen and oxygen atoms in total.